The van der Waals surface area contributed by atoms with Crippen LogP contribution in [0.2, 0.25) is 0 Å². The predicted molar refractivity (Wildman–Crippen MR) is 86.6 cm³/mol. The number of hydrogen-bond donors (Lipinski definition) is 1. The van der Waals surface area contributed by atoms with Gasteiger partial charge in [0, 0.05) is 37.2 Å². The Kier molecular flexibility index (Phi) is 5.81. The summed E-state index contributed by atoms with van der Waals surface area (Å²) < 4.78 is 12.8. The molecule has 23 heavy (non-hydrogen) atoms. The van der Waals surface area contributed by atoms with E-state index in [9.17, 15) is 14.0 Å². The second-order valence-electron chi connectivity index (χ2n) is 5.06. The molecule has 1 N–H and O–H groups in total. The maximum atomic E-state index is 12.8. The Morgan fingerprint density at radius 3 is 2.65 bits per heavy atom. The van der Waals surface area contributed by atoms with Gasteiger partial charge in [-0.25, -0.2) is 9.37 Å². The van der Waals surface area contributed by atoms with E-state index in [1.54, 1.807) is 18.1 Å². The van der Waals surface area contributed by atoms with Crippen LogP contribution in [0, 0.1) is 5.82 Å². The van der Waals surface area contributed by atoms with E-state index in [2.05, 4.69) is 10.3 Å². The average Bonchev–Trinajstić information content (AvgIpc) is 3.08. The maximum Gasteiger partial charge on any atom is 0.251 e. The highest BCUT2D eigenvalue weighted by atomic mass is 32.1. The van der Waals surface area contributed by atoms with Gasteiger partial charge >= 0.3 is 0 Å². The molecule has 2 aromatic rings. The van der Waals surface area contributed by atoms with Crippen molar-refractivity contribution >= 4 is 23.2 Å². The van der Waals surface area contributed by atoms with Gasteiger partial charge in [-0.1, -0.05) is 0 Å². The number of nitrogens with zero attached hydrogens (tertiary/aromatic N) is 2. The minimum Gasteiger partial charge on any atom is -0.352 e. The first-order valence-electron chi connectivity index (χ1n) is 7.18. The molecule has 5 nitrogen and oxygen atoms in total. The van der Waals surface area contributed by atoms with Crippen LogP contribution in [0.3, 0.4) is 0 Å². The number of aromatic nitrogens is 1. The van der Waals surface area contributed by atoms with E-state index in [0.717, 1.165) is 5.01 Å². The molecule has 7 heteroatoms. The Labute approximate surface area is 138 Å². The van der Waals surface area contributed by atoms with Crippen molar-refractivity contribution in [2.45, 2.75) is 19.4 Å². The fourth-order valence-electron chi connectivity index (χ4n) is 1.99. The van der Waals surface area contributed by atoms with Crippen molar-refractivity contribution in [1.82, 2.24) is 15.2 Å². The van der Waals surface area contributed by atoms with Crippen molar-refractivity contribution in [2.75, 3.05) is 13.6 Å². The number of thiazole rings is 1. The Bertz CT molecular complexity index is 658. The first-order chi connectivity index (χ1) is 11.0. The molecule has 122 valence electrons. The number of halogens is 1. The lowest BCUT2D eigenvalue weighted by Gasteiger charge is -2.23. The smallest absolute Gasteiger partial charge is 0.251 e. The van der Waals surface area contributed by atoms with Crippen molar-refractivity contribution in [3.8, 4) is 0 Å². The van der Waals surface area contributed by atoms with Gasteiger partial charge in [-0.2, -0.15) is 0 Å². The zero-order chi connectivity index (χ0) is 16.8. The summed E-state index contributed by atoms with van der Waals surface area (Å²) in [7, 11) is 1.72. The third-order valence-electron chi connectivity index (χ3n) is 3.51. The van der Waals surface area contributed by atoms with Crippen LogP contribution in [0.5, 0.6) is 0 Å². The van der Waals surface area contributed by atoms with Crippen LogP contribution in [-0.2, 0) is 4.79 Å². The number of carbonyl (C=O) groups excluding carboxylic acids is 2. The first-order valence-corrected chi connectivity index (χ1v) is 8.06. The molecule has 0 radical (unpaired) electrons. The van der Waals surface area contributed by atoms with Crippen molar-refractivity contribution in [3.05, 3.63) is 52.2 Å². The van der Waals surface area contributed by atoms with Gasteiger partial charge in [0.05, 0.1) is 6.04 Å². The van der Waals surface area contributed by atoms with Gasteiger partial charge in [0.25, 0.3) is 5.91 Å². The average molecular weight is 335 g/mol. The summed E-state index contributed by atoms with van der Waals surface area (Å²) in [6, 6.07) is 5.16. The molecule has 1 heterocycles. The molecular weight excluding hydrogens is 317 g/mol. The van der Waals surface area contributed by atoms with Crippen LogP contribution in [0.1, 0.15) is 34.8 Å². The number of hydrogen-bond acceptors (Lipinski definition) is 4. The molecular formula is C16H18FN3O2S. The maximum absolute atomic E-state index is 12.8. The Morgan fingerprint density at radius 2 is 2.04 bits per heavy atom. The molecule has 0 aliphatic carbocycles. The lowest BCUT2D eigenvalue weighted by Crippen LogP contribution is -2.33. The lowest BCUT2D eigenvalue weighted by molar-refractivity contribution is -0.131. The number of benzene rings is 1. The molecule has 0 aliphatic heterocycles. The zero-order valence-corrected chi connectivity index (χ0v) is 13.8. The van der Waals surface area contributed by atoms with Crippen LogP contribution in [0.25, 0.3) is 0 Å². The lowest BCUT2D eigenvalue weighted by atomic mass is 10.2. The highest BCUT2D eigenvalue weighted by molar-refractivity contribution is 7.09. The Morgan fingerprint density at radius 1 is 1.35 bits per heavy atom. The van der Waals surface area contributed by atoms with Crippen LogP contribution in [0.15, 0.2) is 35.8 Å². The van der Waals surface area contributed by atoms with Gasteiger partial charge in [-0.15, -0.1) is 11.3 Å². The summed E-state index contributed by atoms with van der Waals surface area (Å²) in [4.78, 5) is 29.8. The molecule has 0 bridgehead atoms. The molecule has 1 unspecified atom stereocenters. The van der Waals surface area contributed by atoms with Gasteiger partial charge in [0.1, 0.15) is 10.8 Å². The van der Waals surface area contributed by atoms with E-state index >= 15 is 0 Å². The third kappa shape index (κ3) is 4.59. The third-order valence-corrected chi connectivity index (χ3v) is 4.46. The zero-order valence-electron chi connectivity index (χ0n) is 13.0. The monoisotopic (exact) mass is 335 g/mol. The first kappa shape index (κ1) is 17.1. The fourth-order valence-corrected chi connectivity index (χ4v) is 2.72. The van der Waals surface area contributed by atoms with Crippen LogP contribution < -0.4 is 5.32 Å². The summed E-state index contributed by atoms with van der Waals surface area (Å²) in [5.74, 6) is -0.796. The van der Waals surface area contributed by atoms with Gasteiger partial charge in [-0.05, 0) is 31.2 Å². The molecule has 2 amide bonds. The molecule has 1 aromatic heterocycles. The Balaban J connectivity index is 1.80. The van der Waals surface area contributed by atoms with Crippen LogP contribution >= 0.6 is 11.3 Å². The highest BCUT2D eigenvalue weighted by Gasteiger charge is 2.19. The molecule has 2 rings (SSSR count). The van der Waals surface area contributed by atoms with Gasteiger partial charge in [0.15, 0.2) is 0 Å². The summed E-state index contributed by atoms with van der Waals surface area (Å²) >= 11 is 1.50. The van der Waals surface area contributed by atoms with E-state index in [1.807, 2.05) is 12.3 Å². The predicted octanol–water partition coefficient (Wildman–Crippen LogP) is 2.62. The summed E-state index contributed by atoms with van der Waals surface area (Å²) in [5.41, 5.74) is 0.364. The molecule has 0 aliphatic rings. The fraction of sp³-hybridized carbons (Fsp3) is 0.312. The molecule has 0 fully saturated rings. The van der Waals surface area contributed by atoms with Gasteiger partial charge < -0.3 is 10.2 Å². The van der Waals surface area contributed by atoms with Crippen molar-refractivity contribution < 1.29 is 14.0 Å². The van der Waals surface area contributed by atoms with E-state index in [1.165, 1.54) is 35.6 Å². The standard InChI is InChI=1S/C16H18FN3O2S/c1-11(16-19-9-10-23-16)20(2)14(21)7-8-18-15(22)12-3-5-13(17)6-4-12/h3-6,9-11H,7-8H2,1-2H3,(H,18,22). The van der Waals surface area contributed by atoms with Crippen molar-refractivity contribution in [1.29, 1.82) is 0 Å². The van der Waals surface area contributed by atoms with E-state index < -0.39 is 5.82 Å². The molecule has 0 saturated heterocycles. The van der Waals surface area contributed by atoms with Gasteiger partial charge in [-0.3, -0.25) is 9.59 Å². The largest absolute Gasteiger partial charge is 0.352 e. The van der Waals surface area contributed by atoms with Crippen molar-refractivity contribution in [3.63, 3.8) is 0 Å². The molecule has 0 spiro atoms. The van der Waals surface area contributed by atoms with E-state index in [4.69, 9.17) is 0 Å². The van der Waals surface area contributed by atoms with Crippen LogP contribution in [0.4, 0.5) is 4.39 Å². The van der Waals surface area contributed by atoms with E-state index in [0.29, 0.717) is 5.56 Å². The highest BCUT2D eigenvalue weighted by Crippen LogP contribution is 2.21. The summed E-state index contributed by atoms with van der Waals surface area (Å²) in [5, 5.41) is 5.40. The second kappa shape index (κ2) is 7.82. The number of nitrogens with one attached hydrogen (secondary N) is 1. The Hall–Kier alpha value is -2.28. The SMILES string of the molecule is CC(c1nccs1)N(C)C(=O)CCNC(=O)c1ccc(F)cc1. The molecule has 0 saturated carbocycles. The topological polar surface area (TPSA) is 62.3 Å². The number of amides is 2. The van der Waals surface area contributed by atoms with Crippen LogP contribution in [-0.4, -0.2) is 35.3 Å². The van der Waals surface area contributed by atoms with Crippen molar-refractivity contribution in [2.24, 2.45) is 0 Å². The molecule has 1 aromatic carbocycles. The second-order valence-corrected chi connectivity index (χ2v) is 5.99. The number of carbonyl (C=O) groups is 2. The van der Waals surface area contributed by atoms with E-state index in [-0.39, 0.29) is 30.8 Å². The molecule has 1 atom stereocenters. The minimum atomic E-state index is -0.394. The minimum absolute atomic E-state index is 0.0768. The normalized spacial score (nSPS) is 11.8. The number of rotatable bonds is 6. The quantitative estimate of drug-likeness (QED) is 0.883. The summed E-state index contributed by atoms with van der Waals surface area (Å²) in [6.07, 6.45) is 1.90. The van der Waals surface area contributed by atoms with Gasteiger partial charge in [0.2, 0.25) is 5.91 Å². The summed E-state index contributed by atoms with van der Waals surface area (Å²) in [6.45, 7) is 2.14.